The van der Waals surface area contributed by atoms with Gasteiger partial charge in [0.2, 0.25) is 11.8 Å². The zero-order valence-corrected chi connectivity index (χ0v) is 20.8. The summed E-state index contributed by atoms with van der Waals surface area (Å²) in [5, 5.41) is 3.00. The summed E-state index contributed by atoms with van der Waals surface area (Å²) in [5.74, 6) is -0.329. The Balaban J connectivity index is 1.42. The number of hydrogen-bond acceptors (Lipinski definition) is 6. The monoisotopic (exact) mass is 470 g/mol. The van der Waals surface area contributed by atoms with Crippen molar-refractivity contribution in [1.29, 1.82) is 0 Å². The van der Waals surface area contributed by atoms with E-state index in [1.807, 2.05) is 12.1 Å². The van der Waals surface area contributed by atoms with Crippen molar-refractivity contribution in [2.75, 3.05) is 83.3 Å². The number of rotatable bonds is 7. The molecule has 3 aliphatic rings. The number of anilines is 2. The second-order valence-electron chi connectivity index (χ2n) is 9.88. The summed E-state index contributed by atoms with van der Waals surface area (Å²) in [6.07, 6.45) is 3.72. The number of amides is 3. The quantitative estimate of drug-likeness (QED) is 0.596. The Hall–Kier alpha value is -2.65. The van der Waals surface area contributed by atoms with Crippen LogP contribution in [-0.2, 0) is 9.59 Å². The van der Waals surface area contributed by atoms with Gasteiger partial charge in [-0.1, -0.05) is 0 Å². The van der Waals surface area contributed by atoms with Crippen LogP contribution < -0.4 is 15.1 Å². The van der Waals surface area contributed by atoms with Crippen molar-refractivity contribution in [1.82, 2.24) is 20.0 Å². The largest absolute Gasteiger partial charge is 0.358 e. The summed E-state index contributed by atoms with van der Waals surface area (Å²) >= 11 is 0. The first kappa shape index (κ1) is 24.5. The molecule has 0 unspecified atom stereocenters. The van der Waals surface area contributed by atoms with E-state index < -0.39 is 0 Å². The van der Waals surface area contributed by atoms with Crippen LogP contribution in [0.4, 0.5) is 11.4 Å². The minimum Gasteiger partial charge on any atom is -0.358 e. The van der Waals surface area contributed by atoms with E-state index in [9.17, 15) is 14.4 Å². The van der Waals surface area contributed by atoms with Crippen molar-refractivity contribution in [3.63, 3.8) is 0 Å². The number of nitrogens with zero attached hydrogens (tertiary/aromatic N) is 5. The molecule has 186 valence electrons. The van der Waals surface area contributed by atoms with Crippen LogP contribution in [0.5, 0.6) is 0 Å². The molecule has 0 aromatic heterocycles. The van der Waals surface area contributed by atoms with E-state index in [0.29, 0.717) is 17.8 Å². The smallest absolute Gasteiger partial charge is 0.253 e. The molecule has 0 spiro atoms. The van der Waals surface area contributed by atoms with Crippen LogP contribution in [-0.4, -0.2) is 112 Å². The number of likely N-dealkylation sites (N-methyl/N-ethyl adjacent to an activating group) is 1. The lowest BCUT2D eigenvalue weighted by atomic mass is 9.95. The average Bonchev–Trinajstić information content (AvgIpc) is 2.84. The molecule has 3 aliphatic heterocycles. The molecule has 1 atom stereocenters. The van der Waals surface area contributed by atoms with Gasteiger partial charge in [0.25, 0.3) is 5.91 Å². The highest BCUT2D eigenvalue weighted by Gasteiger charge is 2.40. The van der Waals surface area contributed by atoms with Gasteiger partial charge in [-0.15, -0.1) is 0 Å². The summed E-state index contributed by atoms with van der Waals surface area (Å²) in [4.78, 5) is 48.9. The highest BCUT2D eigenvalue weighted by Crippen LogP contribution is 2.40. The molecule has 0 saturated carbocycles. The van der Waals surface area contributed by atoms with Gasteiger partial charge in [-0.05, 0) is 57.5 Å². The highest BCUT2D eigenvalue weighted by molar-refractivity contribution is 6.09. The maximum atomic E-state index is 13.4. The molecule has 9 heteroatoms. The van der Waals surface area contributed by atoms with E-state index in [2.05, 4.69) is 27.1 Å². The predicted octanol–water partition coefficient (Wildman–Crippen LogP) is 0.848. The van der Waals surface area contributed by atoms with Crippen LogP contribution >= 0.6 is 0 Å². The number of nitrogens with one attached hydrogen (secondary N) is 1. The van der Waals surface area contributed by atoms with E-state index in [1.54, 1.807) is 25.1 Å². The van der Waals surface area contributed by atoms with Gasteiger partial charge in [-0.25, -0.2) is 0 Å². The van der Waals surface area contributed by atoms with Crippen LogP contribution in [0.3, 0.4) is 0 Å². The van der Waals surface area contributed by atoms with Crippen LogP contribution in [0.15, 0.2) is 18.2 Å². The third-order valence-corrected chi connectivity index (χ3v) is 7.15. The lowest BCUT2D eigenvalue weighted by molar-refractivity contribution is -0.125. The van der Waals surface area contributed by atoms with Crippen molar-refractivity contribution in [3.05, 3.63) is 23.8 Å². The molecule has 0 radical (unpaired) electrons. The third kappa shape index (κ3) is 5.36. The van der Waals surface area contributed by atoms with Gasteiger partial charge in [0.15, 0.2) is 0 Å². The molecule has 1 aromatic rings. The molecule has 1 N–H and O–H groups in total. The molecule has 2 fully saturated rings. The van der Waals surface area contributed by atoms with E-state index in [4.69, 9.17) is 0 Å². The number of fused-ring (bicyclic) bond motifs is 3. The molecule has 4 rings (SSSR count). The predicted molar refractivity (Wildman–Crippen MR) is 133 cm³/mol. The molecule has 2 saturated heterocycles. The van der Waals surface area contributed by atoms with E-state index in [1.165, 1.54) is 4.90 Å². The molecule has 3 heterocycles. The Morgan fingerprint density at radius 3 is 2.56 bits per heavy atom. The lowest BCUT2D eigenvalue weighted by Gasteiger charge is -2.45. The zero-order valence-electron chi connectivity index (χ0n) is 20.8. The Bertz CT molecular complexity index is 912. The Kier molecular flexibility index (Phi) is 7.73. The molecule has 0 aliphatic carbocycles. The van der Waals surface area contributed by atoms with Gasteiger partial charge < -0.3 is 24.9 Å². The van der Waals surface area contributed by atoms with E-state index in [0.717, 1.165) is 70.6 Å². The van der Waals surface area contributed by atoms with Crippen LogP contribution in [0.25, 0.3) is 0 Å². The first-order valence-electron chi connectivity index (χ1n) is 12.5. The Labute approximate surface area is 202 Å². The van der Waals surface area contributed by atoms with Gasteiger partial charge in [-0.3, -0.25) is 19.3 Å². The fraction of sp³-hybridized carbons (Fsp3) is 0.640. The number of piperidine rings is 1. The van der Waals surface area contributed by atoms with Crippen LogP contribution in [0.2, 0.25) is 0 Å². The maximum absolute atomic E-state index is 13.4. The van der Waals surface area contributed by atoms with Crippen molar-refractivity contribution < 1.29 is 14.4 Å². The van der Waals surface area contributed by atoms with E-state index in [-0.39, 0.29) is 30.3 Å². The fourth-order valence-electron chi connectivity index (χ4n) is 5.11. The SMILES string of the molecule is CN1CCN(CCCNC(=O)CN2C(=O)[C@H]3CCCCN3c3ccc(C(=O)N(C)C)cc32)CC1. The van der Waals surface area contributed by atoms with Gasteiger partial charge in [0.1, 0.15) is 12.6 Å². The number of benzene rings is 1. The fourth-order valence-corrected chi connectivity index (χ4v) is 5.11. The van der Waals surface area contributed by atoms with Crippen LogP contribution in [0, 0.1) is 0 Å². The number of carbonyl (C=O) groups is 3. The first-order chi connectivity index (χ1) is 16.3. The number of piperazine rings is 1. The van der Waals surface area contributed by atoms with Gasteiger partial charge >= 0.3 is 0 Å². The van der Waals surface area contributed by atoms with Gasteiger partial charge in [0, 0.05) is 58.9 Å². The number of carbonyl (C=O) groups excluding carboxylic acids is 3. The Morgan fingerprint density at radius 1 is 1.06 bits per heavy atom. The summed E-state index contributed by atoms with van der Waals surface area (Å²) in [7, 11) is 5.56. The summed E-state index contributed by atoms with van der Waals surface area (Å²) in [6.45, 7) is 6.64. The summed E-state index contributed by atoms with van der Waals surface area (Å²) in [5.41, 5.74) is 2.11. The molecule has 1 aromatic carbocycles. The minimum absolute atomic E-state index is 0.0235. The first-order valence-corrected chi connectivity index (χ1v) is 12.5. The minimum atomic E-state index is -0.235. The average molecular weight is 471 g/mol. The second kappa shape index (κ2) is 10.7. The normalized spacial score (nSPS) is 21.1. The van der Waals surface area contributed by atoms with Crippen molar-refractivity contribution >= 4 is 29.1 Å². The van der Waals surface area contributed by atoms with E-state index >= 15 is 0 Å². The molecular formula is C25H38N6O3. The molecule has 34 heavy (non-hydrogen) atoms. The Morgan fingerprint density at radius 2 is 1.82 bits per heavy atom. The highest BCUT2D eigenvalue weighted by atomic mass is 16.2. The standard InChI is InChI=1S/C25H38N6O3/c1-27(2)24(33)19-8-9-20-22(17-19)31(25(34)21-7-4-5-12-30(20)21)18-23(32)26-10-6-11-29-15-13-28(3)14-16-29/h8-9,17,21H,4-7,10-16,18H2,1-3H3,(H,26,32)/t21-/m1/s1. The third-order valence-electron chi connectivity index (χ3n) is 7.15. The van der Waals surface area contributed by atoms with Crippen LogP contribution in [0.1, 0.15) is 36.0 Å². The molecule has 3 amide bonds. The maximum Gasteiger partial charge on any atom is 0.253 e. The van der Waals surface area contributed by atoms with Crippen molar-refractivity contribution in [3.8, 4) is 0 Å². The van der Waals surface area contributed by atoms with Crippen molar-refractivity contribution in [2.45, 2.75) is 31.7 Å². The molecule has 0 bridgehead atoms. The summed E-state index contributed by atoms with van der Waals surface area (Å²) < 4.78 is 0. The zero-order chi connectivity index (χ0) is 24.2. The van der Waals surface area contributed by atoms with Gasteiger partial charge in [-0.2, -0.15) is 0 Å². The summed E-state index contributed by atoms with van der Waals surface area (Å²) in [6, 6.07) is 5.28. The molecular weight excluding hydrogens is 432 g/mol. The number of hydrogen-bond donors (Lipinski definition) is 1. The molecule has 9 nitrogen and oxygen atoms in total. The van der Waals surface area contributed by atoms with Crippen molar-refractivity contribution in [2.24, 2.45) is 0 Å². The topological polar surface area (TPSA) is 79.4 Å². The van der Waals surface area contributed by atoms with Gasteiger partial charge in [0.05, 0.1) is 11.4 Å². The second-order valence-corrected chi connectivity index (χ2v) is 9.88. The lowest BCUT2D eigenvalue weighted by Crippen LogP contribution is -2.57.